The summed E-state index contributed by atoms with van der Waals surface area (Å²) in [5.74, 6) is 0. The lowest BCUT2D eigenvalue weighted by molar-refractivity contribution is 0.241. The largest absolute Gasteiger partial charge is 0.288 e. The van der Waals surface area contributed by atoms with Crippen LogP contribution in [0.4, 0.5) is 0 Å². The molecule has 14 heavy (non-hydrogen) atoms. The van der Waals surface area contributed by atoms with E-state index in [4.69, 9.17) is 0 Å². The molecule has 0 saturated heterocycles. The van der Waals surface area contributed by atoms with Gasteiger partial charge in [0.2, 0.25) is 0 Å². The normalized spacial score (nSPS) is 14.9. The molecule has 1 aromatic rings. The smallest absolute Gasteiger partial charge is 0.131 e. The van der Waals surface area contributed by atoms with Gasteiger partial charge in [0, 0.05) is 0 Å². The summed E-state index contributed by atoms with van der Waals surface area (Å²) in [4.78, 5) is 1.93. The van der Waals surface area contributed by atoms with Crippen molar-refractivity contribution in [2.45, 2.75) is 19.4 Å². The maximum absolute atomic E-state index is 9.19. The first-order valence-electron chi connectivity index (χ1n) is 4.66. The van der Waals surface area contributed by atoms with Crippen LogP contribution in [0, 0.1) is 18.3 Å². The van der Waals surface area contributed by atoms with E-state index < -0.39 is 5.54 Å². The fourth-order valence-electron chi connectivity index (χ4n) is 1.30. The van der Waals surface area contributed by atoms with Crippen molar-refractivity contribution in [2.75, 3.05) is 14.1 Å². The van der Waals surface area contributed by atoms with Crippen molar-refractivity contribution >= 4 is 0 Å². The van der Waals surface area contributed by atoms with Crippen molar-refractivity contribution in [1.82, 2.24) is 4.90 Å². The van der Waals surface area contributed by atoms with Crippen molar-refractivity contribution in [3.63, 3.8) is 0 Å². The van der Waals surface area contributed by atoms with Gasteiger partial charge in [-0.1, -0.05) is 29.8 Å². The minimum absolute atomic E-state index is 0.534. The van der Waals surface area contributed by atoms with Crippen LogP contribution in [0.1, 0.15) is 18.1 Å². The predicted molar refractivity (Wildman–Crippen MR) is 57.8 cm³/mol. The van der Waals surface area contributed by atoms with Gasteiger partial charge in [0.05, 0.1) is 6.07 Å². The molecule has 0 radical (unpaired) electrons. The zero-order valence-corrected chi connectivity index (χ0v) is 9.20. The average Bonchev–Trinajstić information content (AvgIpc) is 2.17. The lowest BCUT2D eigenvalue weighted by Crippen LogP contribution is -2.36. The molecule has 2 heteroatoms. The monoisotopic (exact) mass is 188 g/mol. The number of aryl methyl sites for hydroxylation is 1. The Morgan fingerprint density at radius 1 is 1.21 bits per heavy atom. The van der Waals surface area contributed by atoms with Gasteiger partial charge in [-0.25, -0.2) is 0 Å². The Morgan fingerprint density at radius 3 is 2.07 bits per heavy atom. The van der Waals surface area contributed by atoms with Crippen molar-refractivity contribution in [3.8, 4) is 6.07 Å². The van der Waals surface area contributed by atoms with Gasteiger partial charge in [-0.2, -0.15) is 5.26 Å². The number of rotatable bonds is 2. The number of hydrogen-bond donors (Lipinski definition) is 0. The fraction of sp³-hybridized carbons (Fsp3) is 0.417. The summed E-state index contributed by atoms with van der Waals surface area (Å²) in [6.07, 6.45) is 0. The minimum Gasteiger partial charge on any atom is -0.288 e. The molecule has 1 unspecified atom stereocenters. The lowest BCUT2D eigenvalue weighted by atomic mass is 9.92. The van der Waals surface area contributed by atoms with Crippen LogP contribution in [0.25, 0.3) is 0 Å². The van der Waals surface area contributed by atoms with Gasteiger partial charge in [0.25, 0.3) is 0 Å². The van der Waals surface area contributed by atoms with E-state index in [1.165, 1.54) is 5.56 Å². The van der Waals surface area contributed by atoms with Gasteiger partial charge in [-0.3, -0.25) is 4.90 Å². The molecule has 0 aliphatic heterocycles. The van der Waals surface area contributed by atoms with Gasteiger partial charge < -0.3 is 0 Å². The Morgan fingerprint density at radius 2 is 1.71 bits per heavy atom. The standard InChI is InChI=1S/C12H16N2/c1-10-5-7-11(8-6-10)12(2,9-13)14(3)4/h5-8H,1-4H3. The number of nitriles is 1. The lowest BCUT2D eigenvalue weighted by Gasteiger charge is -2.29. The Balaban J connectivity index is 3.15. The molecule has 0 heterocycles. The highest BCUT2D eigenvalue weighted by molar-refractivity contribution is 5.32. The van der Waals surface area contributed by atoms with Crippen LogP contribution in [0.15, 0.2) is 24.3 Å². The Labute approximate surface area is 85.8 Å². The van der Waals surface area contributed by atoms with Crippen molar-refractivity contribution in [3.05, 3.63) is 35.4 Å². The molecular weight excluding hydrogens is 172 g/mol. The van der Waals surface area contributed by atoms with Gasteiger partial charge in [0.1, 0.15) is 5.54 Å². The van der Waals surface area contributed by atoms with Crippen molar-refractivity contribution in [1.29, 1.82) is 5.26 Å². The molecule has 0 saturated carbocycles. The molecule has 1 aromatic carbocycles. The van der Waals surface area contributed by atoms with E-state index in [2.05, 4.69) is 6.07 Å². The van der Waals surface area contributed by atoms with Crippen LogP contribution in [-0.4, -0.2) is 19.0 Å². The molecule has 2 nitrogen and oxygen atoms in total. The first kappa shape index (κ1) is 10.7. The highest BCUT2D eigenvalue weighted by Gasteiger charge is 2.28. The van der Waals surface area contributed by atoms with E-state index in [0.717, 1.165) is 5.56 Å². The second-order valence-corrected chi connectivity index (χ2v) is 3.94. The second kappa shape index (κ2) is 3.81. The molecule has 0 fully saturated rings. The molecule has 0 aliphatic rings. The van der Waals surface area contributed by atoms with E-state index in [9.17, 15) is 5.26 Å². The van der Waals surface area contributed by atoms with Crippen LogP contribution >= 0.6 is 0 Å². The highest BCUT2D eigenvalue weighted by atomic mass is 15.1. The molecule has 0 aliphatic carbocycles. The average molecular weight is 188 g/mol. The zero-order valence-electron chi connectivity index (χ0n) is 9.20. The van der Waals surface area contributed by atoms with Gasteiger partial charge in [-0.05, 0) is 33.5 Å². The van der Waals surface area contributed by atoms with Crippen LogP contribution in [0.3, 0.4) is 0 Å². The topological polar surface area (TPSA) is 27.0 Å². The summed E-state index contributed by atoms with van der Waals surface area (Å²) in [6.45, 7) is 3.97. The summed E-state index contributed by atoms with van der Waals surface area (Å²) < 4.78 is 0. The first-order valence-corrected chi connectivity index (χ1v) is 4.66. The highest BCUT2D eigenvalue weighted by Crippen LogP contribution is 2.25. The van der Waals surface area contributed by atoms with E-state index in [1.807, 2.05) is 57.1 Å². The summed E-state index contributed by atoms with van der Waals surface area (Å²) >= 11 is 0. The molecule has 1 atom stereocenters. The summed E-state index contributed by atoms with van der Waals surface area (Å²) in [6, 6.07) is 10.4. The number of nitrogens with zero attached hydrogens (tertiary/aromatic N) is 2. The molecule has 74 valence electrons. The molecule has 0 spiro atoms. The van der Waals surface area contributed by atoms with E-state index in [-0.39, 0.29) is 0 Å². The van der Waals surface area contributed by atoms with E-state index in [0.29, 0.717) is 0 Å². The third-order valence-corrected chi connectivity index (χ3v) is 2.73. The molecule has 0 N–H and O–H groups in total. The van der Waals surface area contributed by atoms with Crippen molar-refractivity contribution < 1.29 is 0 Å². The van der Waals surface area contributed by atoms with E-state index in [1.54, 1.807) is 0 Å². The Kier molecular flexibility index (Phi) is 2.93. The summed E-state index contributed by atoms with van der Waals surface area (Å²) in [5.41, 5.74) is 1.72. The third kappa shape index (κ3) is 1.78. The SMILES string of the molecule is Cc1ccc(C(C)(C#N)N(C)C)cc1. The maximum atomic E-state index is 9.19. The fourth-order valence-corrected chi connectivity index (χ4v) is 1.30. The van der Waals surface area contributed by atoms with E-state index >= 15 is 0 Å². The summed E-state index contributed by atoms with van der Waals surface area (Å²) in [7, 11) is 3.84. The zero-order chi connectivity index (χ0) is 10.8. The van der Waals surface area contributed by atoms with Crippen LogP contribution < -0.4 is 0 Å². The summed E-state index contributed by atoms with van der Waals surface area (Å²) in [5, 5.41) is 9.19. The molecule has 0 amide bonds. The van der Waals surface area contributed by atoms with Gasteiger partial charge >= 0.3 is 0 Å². The first-order chi connectivity index (χ1) is 6.50. The molecule has 1 rings (SSSR count). The number of hydrogen-bond acceptors (Lipinski definition) is 2. The van der Waals surface area contributed by atoms with Gasteiger partial charge in [0.15, 0.2) is 0 Å². The van der Waals surface area contributed by atoms with Crippen LogP contribution in [0.5, 0.6) is 0 Å². The van der Waals surface area contributed by atoms with Gasteiger partial charge in [-0.15, -0.1) is 0 Å². The molecular formula is C12H16N2. The van der Waals surface area contributed by atoms with Crippen LogP contribution in [-0.2, 0) is 5.54 Å². The predicted octanol–water partition coefficient (Wildman–Crippen LogP) is 2.30. The minimum atomic E-state index is -0.534. The Hall–Kier alpha value is -1.33. The molecule has 0 bridgehead atoms. The Bertz CT molecular complexity index is 346. The molecule has 0 aromatic heterocycles. The number of benzene rings is 1. The third-order valence-electron chi connectivity index (χ3n) is 2.73. The van der Waals surface area contributed by atoms with Crippen LogP contribution in [0.2, 0.25) is 0 Å². The second-order valence-electron chi connectivity index (χ2n) is 3.94. The maximum Gasteiger partial charge on any atom is 0.131 e. The quantitative estimate of drug-likeness (QED) is 0.712. The van der Waals surface area contributed by atoms with Crippen molar-refractivity contribution in [2.24, 2.45) is 0 Å².